The molecule has 0 saturated carbocycles. The van der Waals surface area contributed by atoms with Crippen LogP contribution < -0.4 is 5.73 Å². The molecule has 140 valence electrons. The van der Waals surface area contributed by atoms with E-state index in [1.165, 1.54) is 9.87 Å². The highest BCUT2D eigenvalue weighted by atomic mass is 32.2. The number of aromatic nitrogens is 1. The molecule has 0 saturated heterocycles. The average Bonchev–Trinajstić information content (AvgIpc) is 2.70. The van der Waals surface area contributed by atoms with Crippen molar-refractivity contribution in [2.75, 3.05) is 13.1 Å². The molecule has 0 spiro atoms. The van der Waals surface area contributed by atoms with Crippen LogP contribution in [0.1, 0.15) is 12.0 Å². The zero-order chi connectivity index (χ0) is 19.1. The van der Waals surface area contributed by atoms with Crippen LogP contribution in [0.25, 0.3) is 10.8 Å². The molecule has 1 heterocycles. The van der Waals surface area contributed by atoms with Crippen LogP contribution in [0.2, 0.25) is 0 Å². The Hall–Kier alpha value is -2.70. The van der Waals surface area contributed by atoms with Gasteiger partial charge in [-0.1, -0.05) is 48.5 Å². The maximum atomic E-state index is 13.3. The van der Waals surface area contributed by atoms with E-state index in [0.29, 0.717) is 18.4 Å². The minimum atomic E-state index is -3.69. The third-order valence-corrected chi connectivity index (χ3v) is 6.16. The monoisotopic (exact) mass is 381 g/mol. The van der Waals surface area contributed by atoms with E-state index < -0.39 is 10.0 Å². The molecule has 0 unspecified atom stereocenters. The summed E-state index contributed by atoms with van der Waals surface area (Å²) in [4.78, 5) is 4.36. The maximum absolute atomic E-state index is 13.3. The largest absolute Gasteiger partial charge is 0.327 e. The normalized spacial score (nSPS) is 11.9. The minimum Gasteiger partial charge on any atom is -0.327 e. The van der Waals surface area contributed by atoms with Crippen LogP contribution in [0.5, 0.6) is 0 Å². The van der Waals surface area contributed by atoms with Gasteiger partial charge in [0.25, 0.3) is 10.0 Å². The molecule has 0 aliphatic heterocycles. The van der Waals surface area contributed by atoms with Gasteiger partial charge in [-0.05, 0) is 30.5 Å². The predicted molar refractivity (Wildman–Crippen MR) is 109 cm³/mol. The first-order valence-corrected chi connectivity index (χ1v) is 10.3. The van der Waals surface area contributed by atoms with Gasteiger partial charge in [0.2, 0.25) is 0 Å². The van der Waals surface area contributed by atoms with Crippen LogP contribution >= 0.6 is 0 Å². The molecule has 3 rings (SSSR count). The molecule has 0 radical (unpaired) electrons. The first-order chi connectivity index (χ1) is 13.1. The summed E-state index contributed by atoms with van der Waals surface area (Å²) in [7, 11) is -3.69. The van der Waals surface area contributed by atoms with Gasteiger partial charge in [0.1, 0.15) is 0 Å². The second-order valence-corrected chi connectivity index (χ2v) is 8.04. The molecule has 0 atom stereocenters. The number of hydrogen-bond donors (Lipinski definition) is 1. The molecule has 0 amide bonds. The molecule has 0 aliphatic rings. The number of aryl methyl sites for hydroxylation is 1. The summed E-state index contributed by atoms with van der Waals surface area (Å²) in [6.07, 6.45) is 8.03. The van der Waals surface area contributed by atoms with Crippen LogP contribution in [0.4, 0.5) is 0 Å². The van der Waals surface area contributed by atoms with Crippen LogP contribution in [0, 0.1) is 0 Å². The first-order valence-electron chi connectivity index (χ1n) is 8.88. The Morgan fingerprint density at radius 2 is 1.85 bits per heavy atom. The van der Waals surface area contributed by atoms with E-state index >= 15 is 0 Å². The summed E-state index contributed by atoms with van der Waals surface area (Å²) in [5.41, 5.74) is 6.74. The molecule has 1 aromatic heterocycles. The molecule has 3 aromatic rings. The number of sulfonamides is 1. The lowest BCUT2D eigenvalue weighted by Gasteiger charge is -2.21. The Labute approximate surface area is 160 Å². The van der Waals surface area contributed by atoms with Gasteiger partial charge in [-0.25, -0.2) is 8.42 Å². The molecule has 6 heteroatoms. The fourth-order valence-corrected chi connectivity index (χ4v) is 4.56. The number of hydrogen-bond acceptors (Lipinski definition) is 4. The summed E-state index contributed by atoms with van der Waals surface area (Å²) in [5.74, 6) is 0. The SMILES string of the molecule is NCC=CN(CCCc1ccccc1)S(=O)(=O)c1cccc2cnccc12. The Balaban J connectivity index is 1.87. The Morgan fingerprint density at radius 1 is 1.04 bits per heavy atom. The Morgan fingerprint density at radius 3 is 2.63 bits per heavy atom. The molecule has 5 nitrogen and oxygen atoms in total. The zero-order valence-electron chi connectivity index (χ0n) is 15.0. The number of rotatable bonds is 8. The van der Waals surface area contributed by atoms with Crippen molar-refractivity contribution in [3.63, 3.8) is 0 Å². The average molecular weight is 382 g/mol. The van der Waals surface area contributed by atoms with E-state index in [1.54, 1.807) is 42.9 Å². The molecule has 2 aromatic carbocycles. The van der Waals surface area contributed by atoms with Gasteiger partial charge >= 0.3 is 0 Å². The van der Waals surface area contributed by atoms with E-state index in [1.807, 2.05) is 36.4 Å². The van der Waals surface area contributed by atoms with E-state index in [9.17, 15) is 8.42 Å². The number of nitrogens with two attached hydrogens (primary N) is 1. The number of nitrogens with zero attached hydrogens (tertiary/aromatic N) is 2. The van der Waals surface area contributed by atoms with Crippen LogP contribution in [-0.2, 0) is 16.4 Å². The molecule has 0 fully saturated rings. The van der Waals surface area contributed by atoms with Crippen LogP contribution in [0.15, 0.2) is 84.2 Å². The van der Waals surface area contributed by atoms with Gasteiger partial charge in [-0.2, -0.15) is 0 Å². The molecule has 2 N–H and O–H groups in total. The van der Waals surface area contributed by atoms with Gasteiger partial charge in [0.15, 0.2) is 0 Å². The Bertz CT molecular complexity index is 1010. The van der Waals surface area contributed by atoms with E-state index in [-0.39, 0.29) is 11.4 Å². The fourth-order valence-electron chi connectivity index (χ4n) is 2.98. The lowest BCUT2D eigenvalue weighted by molar-refractivity contribution is 0.489. The highest BCUT2D eigenvalue weighted by molar-refractivity contribution is 7.89. The van der Waals surface area contributed by atoms with Gasteiger partial charge in [0.05, 0.1) is 4.90 Å². The third-order valence-electron chi connectivity index (χ3n) is 4.32. The van der Waals surface area contributed by atoms with Crippen molar-refractivity contribution < 1.29 is 8.42 Å². The summed E-state index contributed by atoms with van der Waals surface area (Å²) in [6.45, 7) is 0.666. The summed E-state index contributed by atoms with van der Waals surface area (Å²) in [5, 5.41) is 1.47. The minimum absolute atomic E-state index is 0.281. The van der Waals surface area contributed by atoms with E-state index in [2.05, 4.69) is 4.98 Å². The van der Waals surface area contributed by atoms with Crippen molar-refractivity contribution in [3.05, 3.63) is 84.8 Å². The van der Waals surface area contributed by atoms with Crippen LogP contribution in [-0.4, -0.2) is 30.8 Å². The van der Waals surface area contributed by atoms with Crippen molar-refractivity contribution >= 4 is 20.8 Å². The highest BCUT2D eigenvalue weighted by Crippen LogP contribution is 2.25. The first kappa shape index (κ1) is 19.1. The maximum Gasteiger partial charge on any atom is 0.264 e. The van der Waals surface area contributed by atoms with Crippen molar-refractivity contribution in [2.45, 2.75) is 17.7 Å². The van der Waals surface area contributed by atoms with Crippen molar-refractivity contribution in [2.24, 2.45) is 5.73 Å². The second kappa shape index (κ2) is 8.79. The lowest BCUT2D eigenvalue weighted by atomic mass is 10.1. The molecule has 0 aliphatic carbocycles. The van der Waals surface area contributed by atoms with Gasteiger partial charge < -0.3 is 5.73 Å². The zero-order valence-corrected chi connectivity index (χ0v) is 15.8. The smallest absolute Gasteiger partial charge is 0.264 e. The van der Waals surface area contributed by atoms with Crippen LogP contribution in [0.3, 0.4) is 0 Å². The molecular formula is C21H23N3O2S. The number of pyridine rings is 1. The van der Waals surface area contributed by atoms with E-state index in [0.717, 1.165) is 11.8 Å². The quantitative estimate of drug-likeness (QED) is 0.649. The van der Waals surface area contributed by atoms with Crippen molar-refractivity contribution in [1.29, 1.82) is 0 Å². The van der Waals surface area contributed by atoms with E-state index in [4.69, 9.17) is 5.73 Å². The third kappa shape index (κ3) is 4.53. The molecular weight excluding hydrogens is 358 g/mol. The second-order valence-electron chi connectivity index (χ2n) is 6.18. The van der Waals surface area contributed by atoms with Crippen molar-refractivity contribution in [1.82, 2.24) is 9.29 Å². The van der Waals surface area contributed by atoms with Crippen molar-refractivity contribution in [3.8, 4) is 0 Å². The summed E-state index contributed by atoms with van der Waals surface area (Å²) < 4.78 is 28.0. The fraction of sp³-hybridized carbons (Fsp3) is 0.190. The van der Waals surface area contributed by atoms with Gasteiger partial charge in [0, 0.05) is 42.5 Å². The predicted octanol–water partition coefficient (Wildman–Crippen LogP) is 3.33. The standard InChI is InChI=1S/C21H23N3O2S/c22-13-6-16-24(15-5-9-18-7-2-1-3-8-18)27(25,26)21-11-4-10-19-17-23-14-12-20(19)21/h1-4,6-8,10-12,14,16-17H,5,9,13,15,22H2. The highest BCUT2D eigenvalue weighted by Gasteiger charge is 2.23. The van der Waals surface area contributed by atoms with Gasteiger partial charge in [-0.3, -0.25) is 9.29 Å². The number of fused-ring (bicyclic) bond motifs is 1. The number of benzene rings is 2. The topological polar surface area (TPSA) is 76.3 Å². The molecule has 0 bridgehead atoms. The summed E-state index contributed by atoms with van der Waals surface area (Å²) >= 11 is 0. The molecule has 27 heavy (non-hydrogen) atoms. The lowest BCUT2D eigenvalue weighted by Crippen LogP contribution is -2.28. The Kier molecular flexibility index (Phi) is 6.21. The summed E-state index contributed by atoms with van der Waals surface area (Å²) in [6, 6.07) is 17.0. The van der Waals surface area contributed by atoms with Gasteiger partial charge in [-0.15, -0.1) is 0 Å².